The predicted octanol–water partition coefficient (Wildman–Crippen LogP) is 5.32. The molecule has 0 amide bonds. The molecule has 2 heterocycles. The first-order valence-corrected chi connectivity index (χ1v) is 10.1. The number of allylic oxidation sites excluding steroid dienone is 2. The molecule has 0 atom stereocenters. The van der Waals surface area contributed by atoms with E-state index in [1.165, 1.54) is 17.7 Å². The Morgan fingerprint density at radius 3 is 2.71 bits per heavy atom. The molecular formula is C25H26N4O2. The van der Waals surface area contributed by atoms with Crippen molar-refractivity contribution in [2.24, 2.45) is 0 Å². The van der Waals surface area contributed by atoms with Gasteiger partial charge in [-0.25, -0.2) is 9.78 Å². The van der Waals surface area contributed by atoms with Crippen molar-refractivity contribution in [1.82, 2.24) is 14.8 Å². The van der Waals surface area contributed by atoms with Crippen LogP contribution in [0.4, 0.5) is 5.82 Å². The SMILES string of the molecule is C=C/C(Nc1cc(-c2cccc(CC)c2)nn1-c1ncccc1C)=C(\C=C/C)C(=O)O. The smallest absolute Gasteiger partial charge is 0.337 e. The standard InChI is InChI=1S/C25H26N4O2/c1-5-10-20(25(30)31)21(7-3)27-23-16-22(19-13-8-12-18(6-2)15-19)28-29(23)24-17(4)11-9-14-26-24/h5,7-16,27H,3,6H2,1-2,4H3,(H,30,31)/b10-5-,21-20-. The van der Waals surface area contributed by atoms with Gasteiger partial charge in [0.05, 0.1) is 17.0 Å². The zero-order chi connectivity index (χ0) is 22.4. The van der Waals surface area contributed by atoms with E-state index in [1.54, 1.807) is 23.9 Å². The molecule has 0 saturated carbocycles. The molecule has 0 aliphatic heterocycles. The Hall–Kier alpha value is -3.93. The van der Waals surface area contributed by atoms with Crippen molar-refractivity contribution in [3.63, 3.8) is 0 Å². The van der Waals surface area contributed by atoms with Crippen LogP contribution in [-0.4, -0.2) is 25.8 Å². The molecular weight excluding hydrogens is 388 g/mol. The van der Waals surface area contributed by atoms with E-state index in [4.69, 9.17) is 5.10 Å². The van der Waals surface area contributed by atoms with E-state index in [0.29, 0.717) is 17.3 Å². The van der Waals surface area contributed by atoms with E-state index in [1.807, 2.05) is 37.3 Å². The summed E-state index contributed by atoms with van der Waals surface area (Å²) in [7, 11) is 0. The average molecular weight is 415 g/mol. The highest BCUT2D eigenvalue weighted by Crippen LogP contribution is 2.27. The third kappa shape index (κ3) is 4.80. The maximum atomic E-state index is 11.8. The molecule has 6 nitrogen and oxygen atoms in total. The maximum Gasteiger partial charge on any atom is 0.337 e. The summed E-state index contributed by atoms with van der Waals surface area (Å²) in [6.45, 7) is 9.62. The largest absolute Gasteiger partial charge is 0.478 e. The minimum Gasteiger partial charge on any atom is -0.478 e. The average Bonchev–Trinajstić information content (AvgIpc) is 3.20. The number of benzene rings is 1. The number of hydrogen-bond donors (Lipinski definition) is 2. The molecule has 31 heavy (non-hydrogen) atoms. The van der Waals surface area contributed by atoms with Crippen LogP contribution < -0.4 is 5.32 Å². The quantitative estimate of drug-likeness (QED) is 0.385. The summed E-state index contributed by atoms with van der Waals surface area (Å²) in [4.78, 5) is 16.2. The number of rotatable bonds is 8. The Morgan fingerprint density at radius 1 is 1.26 bits per heavy atom. The number of nitrogens with zero attached hydrogens (tertiary/aromatic N) is 3. The lowest BCUT2D eigenvalue weighted by Gasteiger charge is -2.12. The van der Waals surface area contributed by atoms with E-state index in [2.05, 4.69) is 35.9 Å². The van der Waals surface area contributed by atoms with Gasteiger partial charge in [0.1, 0.15) is 5.82 Å². The fraction of sp³-hybridized carbons (Fsp3) is 0.160. The Balaban J connectivity index is 2.19. The lowest BCUT2D eigenvalue weighted by atomic mass is 10.1. The van der Waals surface area contributed by atoms with Gasteiger partial charge in [-0.2, -0.15) is 9.78 Å². The predicted molar refractivity (Wildman–Crippen MR) is 124 cm³/mol. The molecule has 3 aromatic rings. The van der Waals surface area contributed by atoms with Gasteiger partial charge in [-0.1, -0.05) is 43.8 Å². The second-order valence-electron chi connectivity index (χ2n) is 6.99. The van der Waals surface area contributed by atoms with Gasteiger partial charge in [0, 0.05) is 17.8 Å². The third-order valence-electron chi connectivity index (χ3n) is 4.84. The molecule has 0 saturated heterocycles. The fourth-order valence-electron chi connectivity index (χ4n) is 3.23. The molecule has 6 heteroatoms. The number of aromatic nitrogens is 3. The van der Waals surface area contributed by atoms with Crippen LogP contribution in [0.25, 0.3) is 17.1 Å². The minimum atomic E-state index is -1.04. The van der Waals surface area contributed by atoms with Crippen molar-refractivity contribution in [1.29, 1.82) is 0 Å². The van der Waals surface area contributed by atoms with Crippen molar-refractivity contribution in [3.8, 4) is 17.1 Å². The van der Waals surface area contributed by atoms with Crippen LogP contribution in [0.5, 0.6) is 0 Å². The number of carboxylic acid groups (broad SMARTS) is 1. The lowest BCUT2D eigenvalue weighted by molar-refractivity contribution is -0.132. The maximum absolute atomic E-state index is 11.8. The van der Waals surface area contributed by atoms with Gasteiger partial charge in [0.2, 0.25) is 0 Å². The molecule has 0 fully saturated rings. The molecule has 0 bridgehead atoms. The van der Waals surface area contributed by atoms with Crippen LogP contribution in [-0.2, 0) is 11.2 Å². The van der Waals surface area contributed by atoms with E-state index in [9.17, 15) is 9.90 Å². The highest BCUT2D eigenvalue weighted by Gasteiger charge is 2.17. The second kappa shape index (κ2) is 9.71. The highest BCUT2D eigenvalue weighted by atomic mass is 16.4. The molecule has 2 N–H and O–H groups in total. The van der Waals surface area contributed by atoms with E-state index in [-0.39, 0.29) is 5.57 Å². The number of aryl methyl sites for hydroxylation is 2. The first-order valence-electron chi connectivity index (χ1n) is 10.1. The molecule has 0 spiro atoms. The summed E-state index contributed by atoms with van der Waals surface area (Å²) in [5, 5.41) is 17.6. The zero-order valence-electron chi connectivity index (χ0n) is 18.0. The van der Waals surface area contributed by atoms with E-state index in [0.717, 1.165) is 23.2 Å². The Bertz CT molecular complexity index is 1170. The van der Waals surface area contributed by atoms with Gasteiger partial charge >= 0.3 is 5.97 Å². The first kappa shape index (κ1) is 21.8. The van der Waals surface area contributed by atoms with E-state index < -0.39 is 5.97 Å². The van der Waals surface area contributed by atoms with Crippen molar-refractivity contribution in [2.45, 2.75) is 27.2 Å². The van der Waals surface area contributed by atoms with Gasteiger partial charge in [-0.05, 0) is 55.7 Å². The number of aliphatic carboxylic acids is 1. The lowest BCUT2D eigenvalue weighted by Crippen LogP contribution is -2.12. The minimum absolute atomic E-state index is 0.109. The van der Waals surface area contributed by atoms with Crippen LogP contribution in [0.1, 0.15) is 25.0 Å². The normalized spacial score (nSPS) is 12.0. The number of carbonyl (C=O) groups is 1. The number of hydrogen-bond acceptors (Lipinski definition) is 4. The molecule has 0 unspecified atom stereocenters. The Kier molecular flexibility index (Phi) is 6.82. The number of pyridine rings is 1. The summed E-state index contributed by atoms with van der Waals surface area (Å²) < 4.78 is 1.70. The number of anilines is 1. The monoisotopic (exact) mass is 414 g/mol. The summed E-state index contributed by atoms with van der Waals surface area (Å²) in [5.74, 6) is 0.211. The summed E-state index contributed by atoms with van der Waals surface area (Å²) in [6, 6.07) is 13.9. The van der Waals surface area contributed by atoms with Gasteiger partial charge in [0.15, 0.2) is 5.82 Å². The summed E-state index contributed by atoms with van der Waals surface area (Å²) in [6.07, 6.45) is 7.33. The van der Waals surface area contributed by atoms with Crippen LogP contribution in [0.15, 0.2) is 84.7 Å². The molecule has 3 rings (SSSR count). The van der Waals surface area contributed by atoms with Crippen molar-refractivity contribution in [2.75, 3.05) is 5.32 Å². The first-order chi connectivity index (χ1) is 15.0. The van der Waals surface area contributed by atoms with Crippen molar-refractivity contribution >= 4 is 11.8 Å². The van der Waals surface area contributed by atoms with Crippen molar-refractivity contribution < 1.29 is 9.90 Å². The fourth-order valence-corrected chi connectivity index (χ4v) is 3.23. The van der Waals surface area contributed by atoms with Crippen LogP contribution in [0.3, 0.4) is 0 Å². The molecule has 0 radical (unpaired) electrons. The Morgan fingerprint density at radius 2 is 2.06 bits per heavy atom. The highest BCUT2D eigenvalue weighted by molar-refractivity contribution is 5.92. The molecule has 0 aliphatic carbocycles. The molecule has 2 aromatic heterocycles. The molecule has 0 aliphatic rings. The van der Waals surface area contributed by atoms with E-state index >= 15 is 0 Å². The molecule has 158 valence electrons. The van der Waals surface area contributed by atoms with Gasteiger partial charge in [0.25, 0.3) is 0 Å². The molecule has 1 aromatic carbocycles. The van der Waals surface area contributed by atoms with Crippen molar-refractivity contribution in [3.05, 3.63) is 95.9 Å². The topological polar surface area (TPSA) is 80.0 Å². The number of nitrogens with one attached hydrogen (secondary N) is 1. The summed E-state index contributed by atoms with van der Waals surface area (Å²) >= 11 is 0. The second-order valence-corrected chi connectivity index (χ2v) is 6.99. The van der Waals surface area contributed by atoms with Crippen LogP contribution in [0.2, 0.25) is 0 Å². The van der Waals surface area contributed by atoms with Gasteiger partial charge in [-0.3, -0.25) is 0 Å². The van der Waals surface area contributed by atoms with Crippen LogP contribution >= 0.6 is 0 Å². The number of carboxylic acids is 1. The third-order valence-corrected chi connectivity index (χ3v) is 4.84. The van der Waals surface area contributed by atoms with Crippen LogP contribution in [0, 0.1) is 6.92 Å². The van der Waals surface area contributed by atoms with Gasteiger partial charge < -0.3 is 10.4 Å². The van der Waals surface area contributed by atoms with Gasteiger partial charge in [-0.15, -0.1) is 0 Å². The Labute approximate surface area is 182 Å². The zero-order valence-corrected chi connectivity index (χ0v) is 18.0. The summed E-state index contributed by atoms with van der Waals surface area (Å²) in [5.41, 5.74) is 4.37.